The lowest BCUT2D eigenvalue weighted by atomic mass is 10.2. The molecule has 0 saturated heterocycles. The van der Waals surface area contributed by atoms with Gasteiger partial charge >= 0.3 is 5.97 Å². The summed E-state index contributed by atoms with van der Waals surface area (Å²) in [5, 5.41) is 4.28. The number of rotatable bonds is 6. The fourth-order valence-electron chi connectivity index (χ4n) is 2.69. The number of nitrogens with zero attached hydrogens (tertiary/aromatic N) is 4. The summed E-state index contributed by atoms with van der Waals surface area (Å²) in [6, 6.07) is 7.08. The molecule has 0 aliphatic rings. The van der Waals surface area contributed by atoms with Gasteiger partial charge in [-0.25, -0.2) is 4.79 Å². The normalized spacial score (nSPS) is 12.1. The van der Waals surface area contributed by atoms with Gasteiger partial charge in [0.25, 0.3) is 5.91 Å². The van der Waals surface area contributed by atoms with Crippen molar-refractivity contribution in [2.24, 2.45) is 4.99 Å². The number of thiazole rings is 1. The van der Waals surface area contributed by atoms with Gasteiger partial charge in [0, 0.05) is 25.9 Å². The summed E-state index contributed by atoms with van der Waals surface area (Å²) in [5.41, 5.74) is 1.61. The molecule has 0 unspecified atom stereocenters. The maximum absolute atomic E-state index is 12.6. The summed E-state index contributed by atoms with van der Waals surface area (Å²) in [6.07, 6.45) is 1.76. The largest absolute Gasteiger partial charge is 0.465 e. The summed E-state index contributed by atoms with van der Waals surface area (Å²) in [7, 11) is 2.96. The van der Waals surface area contributed by atoms with Crippen molar-refractivity contribution in [3.05, 3.63) is 46.5 Å². The Balaban J connectivity index is 2.07. The summed E-state index contributed by atoms with van der Waals surface area (Å²) in [6.45, 7) is 4.97. The summed E-state index contributed by atoms with van der Waals surface area (Å²) in [4.78, 5) is 29.2. The molecule has 0 bridgehead atoms. The van der Waals surface area contributed by atoms with Crippen molar-refractivity contribution in [1.29, 1.82) is 0 Å². The molecular weight excluding hydrogens is 380 g/mol. The number of carbonyl (C=O) groups excluding carboxylic acids is 2. The molecule has 1 amide bonds. The SMILES string of the molecule is COCCn1c(=NC(=O)c2ccn(C(C)C)n2)sc2cc(C(=O)OC)ccc21. The fourth-order valence-corrected chi connectivity index (χ4v) is 3.78. The van der Waals surface area contributed by atoms with Crippen LogP contribution in [-0.4, -0.2) is 47.1 Å². The van der Waals surface area contributed by atoms with Gasteiger partial charge in [-0.1, -0.05) is 11.3 Å². The van der Waals surface area contributed by atoms with E-state index in [1.807, 2.05) is 24.5 Å². The average Bonchev–Trinajstić information content (AvgIpc) is 3.30. The molecule has 0 aliphatic heterocycles. The molecule has 0 spiro atoms. The highest BCUT2D eigenvalue weighted by Gasteiger charge is 2.14. The third kappa shape index (κ3) is 4.05. The Morgan fingerprint density at radius 3 is 2.68 bits per heavy atom. The van der Waals surface area contributed by atoms with E-state index < -0.39 is 11.9 Å². The summed E-state index contributed by atoms with van der Waals surface area (Å²) >= 11 is 1.33. The van der Waals surface area contributed by atoms with Crippen LogP contribution >= 0.6 is 11.3 Å². The molecule has 0 fully saturated rings. The molecule has 3 aromatic rings. The second-order valence-corrected chi connectivity index (χ2v) is 7.40. The first-order valence-corrected chi connectivity index (χ1v) is 9.61. The van der Waals surface area contributed by atoms with E-state index in [0.29, 0.717) is 29.2 Å². The van der Waals surface area contributed by atoms with E-state index in [4.69, 9.17) is 9.47 Å². The predicted molar refractivity (Wildman–Crippen MR) is 106 cm³/mol. The zero-order chi connectivity index (χ0) is 20.3. The van der Waals surface area contributed by atoms with Gasteiger partial charge in [0.1, 0.15) is 0 Å². The molecule has 0 radical (unpaired) electrons. The second kappa shape index (κ2) is 8.49. The van der Waals surface area contributed by atoms with Crippen LogP contribution in [0.1, 0.15) is 40.7 Å². The van der Waals surface area contributed by atoms with E-state index in [2.05, 4.69) is 10.1 Å². The Labute approximate surface area is 166 Å². The number of aromatic nitrogens is 3. The first-order chi connectivity index (χ1) is 13.4. The average molecular weight is 402 g/mol. The van der Waals surface area contributed by atoms with Crippen molar-refractivity contribution >= 4 is 33.4 Å². The van der Waals surface area contributed by atoms with E-state index >= 15 is 0 Å². The topological polar surface area (TPSA) is 87.7 Å². The Hall–Kier alpha value is -2.78. The Morgan fingerprint density at radius 1 is 1.25 bits per heavy atom. The van der Waals surface area contributed by atoms with Gasteiger partial charge in [-0.3, -0.25) is 9.48 Å². The minimum Gasteiger partial charge on any atom is -0.465 e. The maximum atomic E-state index is 12.6. The molecule has 9 heteroatoms. The van der Waals surface area contributed by atoms with Crippen LogP contribution in [0.3, 0.4) is 0 Å². The molecule has 28 heavy (non-hydrogen) atoms. The summed E-state index contributed by atoms with van der Waals surface area (Å²) in [5.74, 6) is -0.821. The Kier molecular flexibility index (Phi) is 6.05. The van der Waals surface area contributed by atoms with Crippen molar-refractivity contribution in [1.82, 2.24) is 14.3 Å². The number of fused-ring (bicyclic) bond motifs is 1. The lowest BCUT2D eigenvalue weighted by Gasteiger charge is -2.05. The molecule has 2 aromatic heterocycles. The minimum atomic E-state index is -0.412. The lowest BCUT2D eigenvalue weighted by molar-refractivity contribution is 0.0600. The van der Waals surface area contributed by atoms with E-state index in [-0.39, 0.29) is 6.04 Å². The number of methoxy groups -OCH3 is 2. The van der Waals surface area contributed by atoms with Crippen LogP contribution in [-0.2, 0) is 16.0 Å². The van der Waals surface area contributed by atoms with Crippen molar-refractivity contribution < 1.29 is 19.1 Å². The van der Waals surface area contributed by atoms with E-state index in [0.717, 1.165) is 10.2 Å². The highest BCUT2D eigenvalue weighted by atomic mass is 32.1. The monoisotopic (exact) mass is 402 g/mol. The van der Waals surface area contributed by atoms with Crippen LogP contribution in [0.4, 0.5) is 0 Å². The highest BCUT2D eigenvalue weighted by Crippen LogP contribution is 2.20. The van der Waals surface area contributed by atoms with Crippen LogP contribution in [0.5, 0.6) is 0 Å². The van der Waals surface area contributed by atoms with Gasteiger partial charge in [0.05, 0.1) is 29.5 Å². The van der Waals surface area contributed by atoms with Gasteiger partial charge in [0.2, 0.25) is 0 Å². The van der Waals surface area contributed by atoms with Crippen LogP contribution in [0, 0.1) is 0 Å². The molecule has 0 saturated carbocycles. The molecule has 8 nitrogen and oxygen atoms in total. The molecule has 0 atom stereocenters. The van der Waals surface area contributed by atoms with Gasteiger partial charge in [-0.15, -0.1) is 0 Å². The van der Waals surface area contributed by atoms with E-state index in [9.17, 15) is 9.59 Å². The van der Waals surface area contributed by atoms with Crippen LogP contribution in [0.25, 0.3) is 10.2 Å². The third-order valence-corrected chi connectivity index (χ3v) is 5.22. The van der Waals surface area contributed by atoms with Gasteiger partial charge in [-0.05, 0) is 38.1 Å². The smallest absolute Gasteiger partial charge is 0.337 e. The highest BCUT2D eigenvalue weighted by molar-refractivity contribution is 7.16. The van der Waals surface area contributed by atoms with Gasteiger partial charge < -0.3 is 14.0 Å². The molecule has 0 N–H and O–H groups in total. The molecular formula is C19H22N4O4S. The number of esters is 1. The predicted octanol–water partition coefficient (Wildman–Crippen LogP) is 2.65. The number of carbonyl (C=O) groups is 2. The number of hydrogen-bond donors (Lipinski definition) is 0. The van der Waals surface area contributed by atoms with Gasteiger partial charge in [0.15, 0.2) is 10.5 Å². The number of hydrogen-bond acceptors (Lipinski definition) is 6. The third-order valence-electron chi connectivity index (χ3n) is 4.18. The zero-order valence-corrected chi connectivity index (χ0v) is 17.0. The van der Waals surface area contributed by atoms with E-state index in [1.54, 1.807) is 36.2 Å². The molecule has 148 valence electrons. The molecule has 1 aromatic carbocycles. The minimum absolute atomic E-state index is 0.161. The molecule has 0 aliphatic carbocycles. The lowest BCUT2D eigenvalue weighted by Crippen LogP contribution is -2.19. The van der Waals surface area contributed by atoms with Crippen molar-refractivity contribution in [2.45, 2.75) is 26.4 Å². The Bertz CT molecular complexity index is 1080. The summed E-state index contributed by atoms with van der Waals surface area (Å²) < 4.78 is 14.4. The first-order valence-electron chi connectivity index (χ1n) is 8.79. The standard InChI is InChI=1S/C19H22N4O4S/c1-12(2)23-8-7-14(21-23)17(24)20-19-22(9-10-26-3)15-6-5-13(18(25)27-4)11-16(15)28-19/h5-8,11-12H,9-10H2,1-4H3. The van der Waals surface area contributed by atoms with Crippen molar-refractivity contribution in [3.63, 3.8) is 0 Å². The maximum Gasteiger partial charge on any atom is 0.337 e. The number of ether oxygens (including phenoxy) is 2. The van der Waals surface area contributed by atoms with Crippen LogP contribution in [0.2, 0.25) is 0 Å². The number of benzene rings is 1. The van der Waals surface area contributed by atoms with Crippen LogP contribution in [0.15, 0.2) is 35.5 Å². The molecule has 3 rings (SSSR count). The second-order valence-electron chi connectivity index (χ2n) is 6.39. The number of amides is 1. The van der Waals surface area contributed by atoms with E-state index in [1.165, 1.54) is 18.4 Å². The van der Waals surface area contributed by atoms with Crippen molar-refractivity contribution in [2.75, 3.05) is 20.8 Å². The van der Waals surface area contributed by atoms with Crippen LogP contribution < -0.4 is 4.80 Å². The first kappa shape index (κ1) is 20.0. The van der Waals surface area contributed by atoms with Gasteiger partial charge in [-0.2, -0.15) is 10.1 Å². The van der Waals surface area contributed by atoms with Crippen molar-refractivity contribution in [3.8, 4) is 0 Å². The zero-order valence-electron chi connectivity index (χ0n) is 16.2. The fraction of sp³-hybridized carbons (Fsp3) is 0.368. The molecule has 2 heterocycles. The quantitative estimate of drug-likeness (QED) is 0.592. The Morgan fingerprint density at radius 2 is 2.04 bits per heavy atom.